The van der Waals surface area contributed by atoms with Gasteiger partial charge >= 0.3 is 0 Å². The number of nitriles is 1. The van der Waals surface area contributed by atoms with Gasteiger partial charge in [0.25, 0.3) is 0 Å². The summed E-state index contributed by atoms with van der Waals surface area (Å²) in [5.74, 6) is -0.296. The predicted octanol–water partition coefficient (Wildman–Crippen LogP) is 2.89. The molecule has 2 rings (SSSR count). The SMILES string of the molecule is CN(C)c1nc(-c2ccc(F)cc2)c(C#N)s1. The van der Waals surface area contributed by atoms with Crippen LogP contribution in [0.5, 0.6) is 0 Å². The summed E-state index contributed by atoms with van der Waals surface area (Å²) in [5, 5.41) is 9.82. The maximum Gasteiger partial charge on any atom is 0.186 e. The Morgan fingerprint density at radius 1 is 1.29 bits per heavy atom. The number of rotatable bonds is 2. The van der Waals surface area contributed by atoms with Gasteiger partial charge in [0, 0.05) is 19.7 Å². The number of anilines is 1. The first kappa shape index (κ1) is 11.6. The second-order valence-electron chi connectivity index (χ2n) is 3.69. The lowest BCUT2D eigenvalue weighted by molar-refractivity contribution is 0.628. The van der Waals surface area contributed by atoms with E-state index in [0.717, 1.165) is 10.7 Å². The first-order valence-corrected chi connectivity index (χ1v) is 5.77. The molecule has 2 aromatic rings. The maximum atomic E-state index is 12.8. The highest BCUT2D eigenvalue weighted by Gasteiger charge is 2.13. The van der Waals surface area contributed by atoms with Crippen molar-refractivity contribution in [2.24, 2.45) is 0 Å². The van der Waals surface area contributed by atoms with Gasteiger partial charge in [-0.25, -0.2) is 9.37 Å². The fraction of sp³-hybridized carbons (Fsp3) is 0.167. The van der Waals surface area contributed by atoms with Gasteiger partial charge in [-0.1, -0.05) is 11.3 Å². The zero-order valence-electron chi connectivity index (χ0n) is 9.44. The molecule has 0 aliphatic rings. The van der Waals surface area contributed by atoms with E-state index in [0.29, 0.717) is 10.6 Å². The molecule has 5 heteroatoms. The van der Waals surface area contributed by atoms with Crippen molar-refractivity contribution in [1.82, 2.24) is 4.98 Å². The van der Waals surface area contributed by atoms with E-state index in [1.165, 1.54) is 23.5 Å². The van der Waals surface area contributed by atoms with Crippen LogP contribution in [-0.4, -0.2) is 19.1 Å². The number of thiazole rings is 1. The minimum absolute atomic E-state index is 0.296. The van der Waals surface area contributed by atoms with E-state index < -0.39 is 0 Å². The molecule has 0 fully saturated rings. The van der Waals surface area contributed by atoms with Crippen molar-refractivity contribution in [2.45, 2.75) is 0 Å². The Morgan fingerprint density at radius 2 is 1.94 bits per heavy atom. The lowest BCUT2D eigenvalue weighted by atomic mass is 10.1. The molecule has 0 aliphatic heterocycles. The Bertz CT molecular complexity index is 566. The van der Waals surface area contributed by atoms with E-state index in [1.807, 2.05) is 19.0 Å². The molecule has 1 aromatic heterocycles. The van der Waals surface area contributed by atoms with Gasteiger partial charge in [0.1, 0.15) is 22.5 Å². The van der Waals surface area contributed by atoms with Crippen molar-refractivity contribution in [3.63, 3.8) is 0 Å². The van der Waals surface area contributed by atoms with Crippen molar-refractivity contribution in [2.75, 3.05) is 19.0 Å². The Labute approximate surface area is 103 Å². The van der Waals surface area contributed by atoms with Crippen LogP contribution in [0.25, 0.3) is 11.3 Å². The van der Waals surface area contributed by atoms with Gasteiger partial charge in [0.15, 0.2) is 5.13 Å². The van der Waals surface area contributed by atoms with Gasteiger partial charge in [-0.3, -0.25) is 0 Å². The summed E-state index contributed by atoms with van der Waals surface area (Å²) in [7, 11) is 3.74. The largest absolute Gasteiger partial charge is 0.354 e. The van der Waals surface area contributed by atoms with Gasteiger partial charge in [-0.05, 0) is 24.3 Å². The number of hydrogen-bond acceptors (Lipinski definition) is 4. The molecule has 3 nitrogen and oxygen atoms in total. The Hall–Kier alpha value is -1.93. The van der Waals surface area contributed by atoms with Crippen molar-refractivity contribution in [3.8, 4) is 17.3 Å². The van der Waals surface area contributed by atoms with Crippen LogP contribution in [-0.2, 0) is 0 Å². The van der Waals surface area contributed by atoms with Crippen LogP contribution in [0, 0.1) is 17.1 Å². The molecular formula is C12H10FN3S. The third-order valence-corrected chi connectivity index (χ3v) is 3.35. The summed E-state index contributed by atoms with van der Waals surface area (Å²) >= 11 is 1.33. The highest BCUT2D eigenvalue weighted by Crippen LogP contribution is 2.31. The minimum Gasteiger partial charge on any atom is -0.354 e. The van der Waals surface area contributed by atoms with E-state index in [2.05, 4.69) is 11.1 Å². The topological polar surface area (TPSA) is 39.9 Å². The Morgan fingerprint density at radius 3 is 2.47 bits per heavy atom. The molecule has 0 N–H and O–H groups in total. The lowest BCUT2D eigenvalue weighted by Gasteiger charge is -2.05. The molecule has 0 amide bonds. The molecule has 1 aromatic carbocycles. The van der Waals surface area contributed by atoms with E-state index in [4.69, 9.17) is 5.26 Å². The van der Waals surface area contributed by atoms with Crippen LogP contribution in [0.1, 0.15) is 4.88 Å². The minimum atomic E-state index is -0.296. The molecular weight excluding hydrogens is 237 g/mol. The number of halogens is 1. The van der Waals surface area contributed by atoms with E-state index in [-0.39, 0.29) is 5.82 Å². The van der Waals surface area contributed by atoms with Crippen LogP contribution < -0.4 is 4.90 Å². The summed E-state index contributed by atoms with van der Waals surface area (Å²) in [6.07, 6.45) is 0. The summed E-state index contributed by atoms with van der Waals surface area (Å²) in [6, 6.07) is 8.11. The number of aromatic nitrogens is 1. The zero-order valence-corrected chi connectivity index (χ0v) is 10.3. The molecule has 0 unspecified atom stereocenters. The van der Waals surface area contributed by atoms with Gasteiger partial charge in [-0.2, -0.15) is 5.26 Å². The van der Waals surface area contributed by atoms with Crippen molar-refractivity contribution in [1.29, 1.82) is 5.26 Å². The quantitative estimate of drug-likeness (QED) is 0.819. The summed E-state index contributed by atoms with van der Waals surface area (Å²) < 4.78 is 12.8. The van der Waals surface area contributed by atoms with Gasteiger partial charge in [0.2, 0.25) is 0 Å². The molecule has 1 heterocycles. The van der Waals surface area contributed by atoms with Crippen LogP contribution in [0.3, 0.4) is 0 Å². The predicted molar refractivity (Wildman–Crippen MR) is 66.6 cm³/mol. The van der Waals surface area contributed by atoms with Crippen LogP contribution in [0.15, 0.2) is 24.3 Å². The normalized spacial score (nSPS) is 10.0. The Kier molecular flexibility index (Phi) is 3.07. The van der Waals surface area contributed by atoms with Crippen molar-refractivity contribution < 1.29 is 4.39 Å². The van der Waals surface area contributed by atoms with Crippen LogP contribution in [0.4, 0.5) is 9.52 Å². The lowest BCUT2D eigenvalue weighted by Crippen LogP contribution is -2.07. The third kappa shape index (κ3) is 2.27. The summed E-state index contributed by atoms with van der Waals surface area (Å²) in [6.45, 7) is 0. The molecule has 0 saturated carbocycles. The third-order valence-electron chi connectivity index (χ3n) is 2.22. The number of benzene rings is 1. The first-order valence-electron chi connectivity index (χ1n) is 4.96. The van der Waals surface area contributed by atoms with E-state index >= 15 is 0 Å². The molecule has 17 heavy (non-hydrogen) atoms. The molecule has 0 radical (unpaired) electrons. The second-order valence-corrected chi connectivity index (χ2v) is 4.66. The molecule has 0 aliphatic carbocycles. The van der Waals surface area contributed by atoms with E-state index in [9.17, 15) is 4.39 Å². The highest BCUT2D eigenvalue weighted by molar-refractivity contribution is 7.16. The van der Waals surface area contributed by atoms with Gasteiger partial charge in [-0.15, -0.1) is 0 Å². The van der Waals surface area contributed by atoms with Crippen molar-refractivity contribution >= 4 is 16.5 Å². The maximum absolute atomic E-state index is 12.8. The molecule has 0 bridgehead atoms. The van der Waals surface area contributed by atoms with Crippen LogP contribution >= 0.6 is 11.3 Å². The number of nitrogens with zero attached hydrogens (tertiary/aromatic N) is 3. The standard InChI is InChI=1S/C12H10FN3S/c1-16(2)12-15-11(10(7-14)17-12)8-3-5-9(13)6-4-8/h3-6H,1-2H3. The van der Waals surface area contributed by atoms with Gasteiger partial charge < -0.3 is 4.90 Å². The van der Waals surface area contributed by atoms with Crippen molar-refractivity contribution in [3.05, 3.63) is 35.0 Å². The monoisotopic (exact) mass is 247 g/mol. The Balaban J connectivity index is 2.51. The highest BCUT2D eigenvalue weighted by atomic mass is 32.1. The molecule has 0 atom stereocenters. The fourth-order valence-electron chi connectivity index (χ4n) is 1.38. The number of hydrogen-bond donors (Lipinski definition) is 0. The molecule has 86 valence electrons. The smallest absolute Gasteiger partial charge is 0.186 e. The second kappa shape index (κ2) is 4.52. The molecule has 0 spiro atoms. The zero-order chi connectivity index (χ0) is 12.4. The first-order chi connectivity index (χ1) is 8.11. The fourth-order valence-corrected chi connectivity index (χ4v) is 2.19. The van der Waals surface area contributed by atoms with Crippen LogP contribution in [0.2, 0.25) is 0 Å². The average Bonchev–Trinajstić information content (AvgIpc) is 2.74. The summed E-state index contributed by atoms with van der Waals surface area (Å²) in [4.78, 5) is 6.77. The molecule has 0 saturated heterocycles. The van der Waals surface area contributed by atoms with Gasteiger partial charge in [0.05, 0.1) is 0 Å². The van der Waals surface area contributed by atoms with E-state index in [1.54, 1.807) is 12.1 Å². The summed E-state index contributed by atoms with van der Waals surface area (Å²) in [5.41, 5.74) is 1.37. The average molecular weight is 247 g/mol.